The summed E-state index contributed by atoms with van der Waals surface area (Å²) >= 11 is 0. The van der Waals surface area contributed by atoms with Crippen LogP contribution in [-0.2, 0) is 0 Å². The third kappa shape index (κ3) is 6.45. The molecule has 0 aromatic heterocycles. The molecule has 0 bridgehead atoms. The van der Waals surface area contributed by atoms with E-state index in [0.29, 0.717) is 0 Å². The van der Waals surface area contributed by atoms with Crippen LogP contribution in [0.3, 0.4) is 0 Å². The molecule has 3 atom stereocenters. The SMILES string of the molecule is CCCCCCCCCCC(NC)C1CC1C. The molecule has 0 saturated heterocycles. The third-order valence-corrected chi connectivity index (χ3v) is 4.43. The molecule has 3 unspecified atom stereocenters. The van der Waals surface area contributed by atoms with Crippen LogP contribution in [0.1, 0.15) is 78.1 Å². The monoisotopic (exact) mass is 239 g/mol. The lowest BCUT2D eigenvalue weighted by Crippen LogP contribution is -2.27. The maximum Gasteiger partial charge on any atom is 0.00949 e. The molecule has 0 heterocycles. The van der Waals surface area contributed by atoms with Crippen LogP contribution in [0.4, 0.5) is 0 Å². The van der Waals surface area contributed by atoms with Crippen LogP contribution in [0, 0.1) is 11.8 Å². The fourth-order valence-electron chi connectivity index (χ4n) is 2.98. The average Bonchev–Trinajstić information content (AvgIpc) is 3.04. The second-order valence-electron chi connectivity index (χ2n) is 6.04. The zero-order valence-corrected chi connectivity index (χ0v) is 12.3. The minimum Gasteiger partial charge on any atom is -0.317 e. The third-order valence-electron chi connectivity index (χ3n) is 4.43. The van der Waals surface area contributed by atoms with Crippen LogP contribution in [0.5, 0.6) is 0 Å². The fourth-order valence-corrected chi connectivity index (χ4v) is 2.98. The Hall–Kier alpha value is -0.0400. The Morgan fingerprint density at radius 1 is 1.00 bits per heavy atom. The van der Waals surface area contributed by atoms with E-state index in [1.54, 1.807) is 0 Å². The number of nitrogens with one attached hydrogen (secondary N) is 1. The Morgan fingerprint density at radius 2 is 1.53 bits per heavy atom. The van der Waals surface area contributed by atoms with Gasteiger partial charge < -0.3 is 5.32 Å². The number of rotatable bonds is 11. The highest BCUT2D eigenvalue weighted by Gasteiger charge is 2.38. The summed E-state index contributed by atoms with van der Waals surface area (Å²) < 4.78 is 0. The van der Waals surface area contributed by atoms with Gasteiger partial charge in [-0.3, -0.25) is 0 Å². The van der Waals surface area contributed by atoms with Crippen molar-refractivity contribution >= 4 is 0 Å². The largest absolute Gasteiger partial charge is 0.317 e. The van der Waals surface area contributed by atoms with Crippen molar-refractivity contribution in [3.63, 3.8) is 0 Å². The molecule has 0 aliphatic heterocycles. The maximum atomic E-state index is 3.51. The molecule has 102 valence electrons. The first kappa shape index (κ1) is 15.0. The van der Waals surface area contributed by atoms with E-state index in [-0.39, 0.29) is 0 Å². The lowest BCUT2D eigenvalue weighted by Gasteiger charge is -2.15. The normalized spacial score (nSPS) is 24.9. The first-order valence-corrected chi connectivity index (χ1v) is 7.96. The maximum absolute atomic E-state index is 3.51. The van der Waals surface area contributed by atoms with E-state index >= 15 is 0 Å². The van der Waals surface area contributed by atoms with E-state index in [4.69, 9.17) is 0 Å². The molecule has 0 aromatic carbocycles. The van der Waals surface area contributed by atoms with Gasteiger partial charge in [0.1, 0.15) is 0 Å². The van der Waals surface area contributed by atoms with Gasteiger partial charge in [-0.05, 0) is 31.7 Å². The zero-order chi connectivity index (χ0) is 12.5. The molecule has 1 aliphatic rings. The van der Waals surface area contributed by atoms with Crippen molar-refractivity contribution in [3.8, 4) is 0 Å². The molecule has 0 aromatic rings. The van der Waals surface area contributed by atoms with E-state index in [1.807, 2.05) is 0 Å². The first-order chi connectivity index (χ1) is 8.29. The lowest BCUT2D eigenvalue weighted by atomic mass is 10.0. The van der Waals surface area contributed by atoms with Crippen LogP contribution in [0.2, 0.25) is 0 Å². The highest BCUT2D eigenvalue weighted by molar-refractivity contribution is 4.91. The summed E-state index contributed by atoms with van der Waals surface area (Å²) in [7, 11) is 2.14. The Morgan fingerprint density at radius 3 is 2.00 bits per heavy atom. The van der Waals surface area contributed by atoms with Crippen molar-refractivity contribution in [1.82, 2.24) is 5.32 Å². The van der Waals surface area contributed by atoms with Crippen LogP contribution in [0.15, 0.2) is 0 Å². The molecule has 1 aliphatic carbocycles. The molecular weight excluding hydrogens is 206 g/mol. The Bertz CT molecular complexity index is 178. The van der Waals surface area contributed by atoms with Crippen LogP contribution >= 0.6 is 0 Å². The van der Waals surface area contributed by atoms with Gasteiger partial charge in [-0.25, -0.2) is 0 Å². The van der Waals surface area contributed by atoms with Gasteiger partial charge in [-0.15, -0.1) is 0 Å². The predicted octanol–water partition coefficient (Wildman–Crippen LogP) is 4.76. The van der Waals surface area contributed by atoms with Gasteiger partial charge in [0.05, 0.1) is 0 Å². The van der Waals surface area contributed by atoms with Crippen molar-refractivity contribution in [1.29, 1.82) is 0 Å². The van der Waals surface area contributed by atoms with Crippen molar-refractivity contribution in [2.24, 2.45) is 11.8 Å². The standard InChI is InChI=1S/C16H33N/c1-4-5-6-7-8-9-10-11-12-16(17-3)15-13-14(15)2/h14-17H,4-13H2,1-3H3. The Labute approximate surface area is 109 Å². The molecule has 17 heavy (non-hydrogen) atoms. The first-order valence-electron chi connectivity index (χ1n) is 7.96. The van der Waals surface area contributed by atoms with Gasteiger partial charge in [-0.2, -0.15) is 0 Å². The van der Waals surface area contributed by atoms with E-state index in [1.165, 1.54) is 64.2 Å². The molecule has 0 spiro atoms. The van der Waals surface area contributed by atoms with Gasteiger partial charge >= 0.3 is 0 Å². The minimum atomic E-state index is 0.810. The lowest BCUT2D eigenvalue weighted by molar-refractivity contribution is 0.427. The van der Waals surface area contributed by atoms with Gasteiger partial charge in [0.25, 0.3) is 0 Å². The van der Waals surface area contributed by atoms with Gasteiger partial charge in [0.2, 0.25) is 0 Å². The zero-order valence-electron chi connectivity index (χ0n) is 12.3. The minimum absolute atomic E-state index is 0.810. The van der Waals surface area contributed by atoms with Gasteiger partial charge in [-0.1, -0.05) is 65.2 Å². The van der Waals surface area contributed by atoms with Crippen molar-refractivity contribution in [3.05, 3.63) is 0 Å². The topological polar surface area (TPSA) is 12.0 Å². The molecule has 0 radical (unpaired) electrons. The number of hydrogen-bond acceptors (Lipinski definition) is 1. The van der Waals surface area contributed by atoms with Crippen molar-refractivity contribution in [2.45, 2.75) is 84.1 Å². The summed E-state index contributed by atoms with van der Waals surface area (Å²) in [5, 5.41) is 3.51. The molecule has 1 rings (SSSR count). The van der Waals surface area contributed by atoms with Crippen LogP contribution in [0.25, 0.3) is 0 Å². The van der Waals surface area contributed by atoms with E-state index in [2.05, 4.69) is 26.2 Å². The Kier molecular flexibility index (Phi) is 7.92. The van der Waals surface area contributed by atoms with Crippen molar-refractivity contribution in [2.75, 3.05) is 7.05 Å². The summed E-state index contributed by atoms with van der Waals surface area (Å²) in [6, 6.07) is 0.810. The Balaban J connectivity index is 1.86. The van der Waals surface area contributed by atoms with Crippen LogP contribution < -0.4 is 5.32 Å². The van der Waals surface area contributed by atoms with Gasteiger partial charge in [0.15, 0.2) is 0 Å². The second-order valence-corrected chi connectivity index (χ2v) is 6.04. The molecule has 1 heteroatoms. The molecule has 0 amide bonds. The molecule has 1 saturated carbocycles. The van der Waals surface area contributed by atoms with Crippen molar-refractivity contribution < 1.29 is 0 Å². The average molecular weight is 239 g/mol. The fraction of sp³-hybridized carbons (Fsp3) is 1.00. The molecular formula is C16H33N. The summed E-state index contributed by atoms with van der Waals surface area (Å²) in [5.41, 5.74) is 0. The highest BCUT2D eigenvalue weighted by atomic mass is 14.9. The van der Waals surface area contributed by atoms with E-state index in [0.717, 1.165) is 17.9 Å². The summed E-state index contributed by atoms with van der Waals surface area (Å²) in [6.45, 7) is 4.68. The summed E-state index contributed by atoms with van der Waals surface area (Å²) in [5.74, 6) is 1.98. The van der Waals surface area contributed by atoms with Crippen LogP contribution in [-0.4, -0.2) is 13.1 Å². The number of hydrogen-bond donors (Lipinski definition) is 1. The van der Waals surface area contributed by atoms with E-state index < -0.39 is 0 Å². The van der Waals surface area contributed by atoms with E-state index in [9.17, 15) is 0 Å². The quantitative estimate of drug-likeness (QED) is 0.513. The summed E-state index contributed by atoms with van der Waals surface area (Å²) in [6.07, 6.45) is 14.4. The molecule has 1 nitrogen and oxygen atoms in total. The summed E-state index contributed by atoms with van der Waals surface area (Å²) in [4.78, 5) is 0. The molecule has 1 N–H and O–H groups in total. The second kappa shape index (κ2) is 8.97. The molecule has 1 fully saturated rings. The number of unbranched alkanes of at least 4 members (excludes halogenated alkanes) is 7. The predicted molar refractivity (Wildman–Crippen MR) is 77.3 cm³/mol. The smallest absolute Gasteiger partial charge is 0.00949 e. The van der Waals surface area contributed by atoms with Gasteiger partial charge in [0, 0.05) is 6.04 Å². The highest BCUT2D eigenvalue weighted by Crippen LogP contribution is 2.41.